The van der Waals surface area contributed by atoms with Gasteiger partial charge < -0.3 is 4.98 Å². The molecule has 0 radical (unpaired) electrons. The summed E-state index contributed by atoms with van der Waals surface area (Å²) in [5.41, 5.74) is 2.10. The lowest BCUT2D eigenvalue weighted by molar-refractivity contribution is 0.505. The highest BCUT2D eigenvalue weighted by Crippen LogP contribution is 2.53. The largest absolute Gasteiger partial charge is 0.310 e. The summed E-state index contributed by atoms with van der Waals surface area (Å²) in [6.45, 7) is 0. The van der Waals surface area contributed by atoms with E-state index in [1.54, 1.807) is 11.8 Å². The molecular weight excluding hydrogens is 232 g/mol. The van der Waals surface area contributed by atoms with Gasteiger partial charge in [0.15, 0.2) is 0 Å². The van der Waals surface area contributed by atoms with E-state index < -0.39 is 0 Å². The number of thioether (sulfide) groups is 1. The lowest BCUT2D eigenvalue weighted by Gasteiger charge is -2.15. The van der Waals surface area contributed by atoms with E-state index in [1.807, 2.05) is 0 Å². The van der Waals surface area contributed by atoms with Crippen molar-refractivity contribution in [2.75, 3.05) is 0 Å². The molecular formula is C13H16N2OS. The van der Waals surface area contributed by atoms with Gasteiger partial charge in [0.05, 0.1) is 5.69 Å². The Balaban J connectivity index is 1.77. The summed E-state index contributed by atoms with van der Waals surface area (Å²) in [6.07, 6.45) is 5.32. The number of nitrogens with one attached hydrogen (secondary N) is 1. The van der Waals surface area contributed by atoms with Crippen molar-refractivity contribution in [2.45, 2.75) is 43.1 Å². The first-order chi connectivity index (χ1) is 8.33. The molecule has 2 heterocycles. The van der Waals surface area contributed by atoms with Crippen molar-refractivity contribution in [1.29, 1.82) is 0 Å². The fourth-order valence-corrected chi connectivity index (χ4v) is 4.02. The smallest absolute Gasteiger partial charge is 0.255 e. The minimum atomic E-state index is 0.126. The average molecular weight is 248 g/mol. The number of hydrogen-bond donors (Lipinski definition) is 1. The molecule has 1 N–H and O–H groups in total. The molecule has 0 unspecified atom stereocenters. The Morgan fingerprint density at radius 2 is 1.88 bits per heavy atom. The van der Waals surface area contributed by atoms with Gasteiger partial charge in [0.2, 0.25) is 0 Å². The Kier molecular flexibility index (Phi) is 2.16. The van der Waals surface area contributed by atoms with Gasteiger partial charge in [0.25, 0.3) is 5.56 Å². The molecule has 0 bridgehead atoms. The summed E-state index contributed by atoms with van der Waals surface area (Å²) in [6, 6.07) is 0. The highest BCUT2D eigenvalue weighted by atomic mass is 32.2. The highest BCUT2D eigenvalue weighted by molar-refractivity contribution is 7.98. The van der Waals surface area contributed by atoms with Crippen LogP contribution in [0.5, 0.6) is 0 Å². The molecule has 2 aliphatic carbocycles. The Morgan fingerprint density at radius 3 is 2.53 bits per heavy atom. The number of fused-ring (bicyclic) bond motifs is 1. The van der Waals surface area contributed by atoms with Gasteiger partial charge in [-0.05, 0) is 37.5 Å². The molecule has 0 saturated heterocycles. The standard InChI is InChI=1S/C13H16N2OS/c16-13-9-5-17-6-10(9)14-12(15-13)11(7-1-2-7)8-3-4-8/h7-8,11H,1-6H2,(H,14,15,16). The molecule has 0 amide bonds. The van der Waals surface area contributed by atoms with Crippen LogP contribution >= 0.6 is 11.8 Å². The molecule has 1 aliphatic heterocycles. The van der Waals surface area contributed by atoms with Crippen LogP contribution in [-0.4, -0.2) is 9.97 Å². The monoisotopic (exact) mass is 248 g/mol. The third kappa shape index (κ3) is 1.73. The third-order valence-electron chi connectivity index (χ3n) is 4.18. The van der Waals surface area contributed by atoms with Crippen molar-refractivity contribution in [1.82, 2.24) is 9.97 Å². The van der Waals surface area contributed by atoms with Crippen LogP contribution in [0.2, 0.25) is 0 Å². The average Bonchev–Trinajstić information content (AvgIpc) is 3.22. The molecule has 4 rings (SSSR count). The second kappa shape index (κ2) is 3.61. The van der Waals surface area contributed by atoms with Crippen molar-refractivity contribution in [2.24, 2.45) is 11.8 Å². The first-order valence-electron chi connectivity index (χ1n) is 6.52. The maximum absolute atomic E-state index is 12.0. The summed E-state index contributed by atoms with van der Waals surface area (Å²) < 4.78 is 0. The van der Waals surface area contributed by atoms with E-state index in [9.17, 15) is 4.79 Å². The van der Waals surface area contributed by atoms with Crippen molar-refractivity contribution < 1.29 is 0 Å². The van der Waals surface area contributed by atoms with Gasteiger partial charge in [0, 0.05) is 23.0 Å². The van der Waals surface area contributed by atoms with Crippen molar-refractivity contribution in [3.05, 3.63) is 27.4 Å². The fourth-order valence-electron chi connectivity index (χ4n) is 2.98. The Hall–Kier alpha value is -0.770. The summed E-state index contributed by atoms with van der Waals surface area (Å²) in [7, 11) is 0. The first kappa shape index (κ1) is 10.2. The molecule has 0 spiro atoms. The Labute approximate surface area is 104 Å². The Bertz CT molecular complexity index is 505. The van der Waals surface area contributed by atoms with Crippen LogP contribution in [0.3, 0.4) is 0 Å². The van der Waals surface area contributed by atoms with Gasteiger partial charge in [-0.25, -0.2) is 4.98 Å². The zero-order chi connectivity index (χ0) is 11.4. The van der Waals surface area contributed by atoms with Gasteiger partial charge in [-0.3, -0.25) is 4.79 Å². The van der Waals surface area contributed by atoms with E-state index in [0.717, 1.165) is 40.4 Å². The molecule has 2 fully saturated rings. The van der Waals surface area contributed by atoms with Crippen molar-refractivity contribution in [3.63, 3.8) is 0 Å². The molecule has 17 heavy (non-hydrogen) atoms. The summed E-state index contributed by atoms with van der Waals surface area (Å²) in [5, 5.41) is 0. The fraction of sp³-hybridized carbons (Fsp3) is 0.692. The number of H-pyrrole nitrogens is 1. The quantitative estimate of drug-likeness (QED) is 0.893. The Morgan fingerprint density at radius 1 is 1.18 bits per heavy atom. The lowest BCUT2D eigenvalue weighted by Crippen LogP contribution is -2.20. The van der Waals surface area contributed by atoms with Crippen LogP contribution in [0.15, 0.2) is 4.79 Å². The normalized spacial score (nSPS) is 23.1. The van der Waals surface area contributed by atoms with Crippen LogP contribution < -0.4 is 5.56 Å². The van der Waals surface area contributed by atoms with Gasteiger partial charge >= 0.3 is 0 Å². The molecule has 4 heteroatoms. The van der Waals surface area contributed by atoms with Crippen LogP contribution in [0.4, 0.5) is 0 Å². The summed E-state index contributed by atoms with van der Waals surface area (Å²) in [4.78, 5) is 19.8. The second-order valence-corrected chi connectivity index (χ2v) is 6.56. The summed E-state index contributed by atoms with van der Waals surface area (Å²) >= 11 is 1.80. The maximum atomic E-state index is 12.0. The van der Waals surface area contributed by atoms with Crippen molar-refractivity contribution >= 4 is 11.8 Å². The topological polar surface area (TPSA) is 45.8 Å². The number of rotatable bonds is 3. The number of aromatic amines is 1. The van der Waals surface area contributed by atoms with Crippen LogP contribution in [-0.2, 0) is 11.5 Å². The number of hydrogen-bond acceptors (Lipinski definition) is 3. The van der Waals surface area contributed by atoms with Gasteiger partial charge in [0.1, 0.15) is 5.82 Å². The van der Waals surface area contributed by atoms with E-state index in [1.165, 1.54) is 25.7 Å². The maximum Gasteiger partial charge on any atom is 0.255 e. The zero-order valence-electron chi connectivity index (χ0n) is 9.74. The van der Waals surface area contributed by atoms with E-state index in [-0.39, 0.29) is 5.56 Å². The minimum Gasteiger partial charge on any atom is -0.310 e. The molecule has 0 aromatic carbocycles. The molecule has 0 atom stereocenters. The van der Waals surface area contributed by atoms with Gasteiger partial charge in [-0.15, -0.1) is 0 Å². The minimum absolute atomic E-state index is 0.126. The highest BCUT2D eigenvalue weighted by Gasteiger charge is 2.44. The van der Waals surface area contributed by atoms with E-state index in [2.05, 4.69) is 4.98 Å². The lowest BCUT2D eigenvalue weighted by atomic mass is 9.96. The first-order valence-corrected chi connectivity index (χ1v) is 7.68. The number of aromatic nitrogens is 2. The zero-order valence-corrected chi connectivity index (χ0v) is 10.6. The SMILES string of the molecule is O=c1[nH]c(C(C2CC2)C2CC2)nc2c1CSC2. The molecule has 1 aromatic heterocycles. The predicted octanol–water partition coefficient (Wildman–Crippen LogP) is 2.42. The van der Waals surface area contributed by atoms with Gasteiger partial charge in [-0.1, -0.05) is 0 Å². The number of nitrogens with zero attached hydrogens (tertiary/aromatic N) is 1. The predicted molar refractivity (Wildman–Crippen MR) is 68.0 cm³/mol. The van der Waals surface area contributed by atoms with Crippen LogP contribution in [0.1, 0.15) is 48.7 Å². The molecule has 2 saturated carbocycles. The second-order valence-electron chi connectivity index (χ2n) is 5.57. The van der Waals surface area contributed by atoms with E-state index in [4.69, 9.17) is 4.98 Å². The van der Waals surface area contributed by atoms with E-state index in [0.29, 0.717) is 5.92 Å². The molecule has 90 valence electrons. The molecule has 1 aromatic rings. The molecule has 3 aliphatic rings. The summed E-state index contributed by atoms with van der Waals surface area (Å²) in [5.74, 6) is 4.93. The third-order valence-corrected chi connectivity index (χ3v) is 5.15. The van der Waals surface area contributed by atoms with Gasteiger partial charge in [-0.2, -0.15) is 11.8 Å². The van der Waals surface area contributed by atoms with E-state index >= 15 is 0 Å². The van der Waals surface area contributed by atoms with Crippen LogP contribution in [0, 0.1) is 11.8 Å². The molecule has 3 nitrogen and oxygen atoms in total. The van der Waals surface area contributed by atoms with Crippen molar-refractivity contribution in [3.8, 4) is 0 Å². The van der Waals surface area contributed by atoms with Crippen LogP contribution in [0.25, 0.3) is 0 Å².